The summed E-state index contributed by atoms with van der Waals surface area (Å²) in [5.74, 6) is 0. The standard InChI is InChI=1S/C12H19F3N2O2/c1-11(2,3)17(10(18)19)9-5-4-7(6-8(9)16)12(13,14)15/h4,8-9H,5-6,16H2,1-3H3,(H,18,19). The van der Waals surface area contributed by atoms with Crippen LogP contribution in [-0.2, 0) is 0 Å². The summed E-state index contributed by atoms with van der Waals surface area (Å²) in [4.78, 5) is 12.4. The van der Waals surface area contributed by atoms with Gasteiger partial charge in [-0.1, -0.05) is 6.08 Å². The minimum atomic E-state index is -4.39. The van der Waals surface area contributed by atoms with Gasteiger partial charge in [0, 0.05) is 17.2 Å². The molecule has 0 fully saturated rings. The number of carbonyl (C=O) groups is 1. The molecule has 0 aromatic heterocycles. The summed E-state index contributed by atoms with van der Waals surface area (Å²) in [6.07, 6.45) is -4.88. The average molecular weight is 280 g/mol. The fraction of sp³-hybridized carbons (Fsp3) is 0.750. The van der Waals surface area contributed by atoms with E-state index < -0.39 is 35.5 Å². The van der Waals surface area contributed by atoms with E-state index in [0.717, 1.165) is 11.0 Å². The van der Waals surface area contributed by atoms with Crippen LogP contribution in [0.5, 0.6) is 0 Å². The van der Waals surface area contributed by atoms with E-state index in [9.17, 15) is 23.1 Å². The zero-order valence-electron chi connectivity index (χ0n) is 11.2. The van der Waals surface area contributed by atoms with Gasteiger partial charge >= 0.3 is 12.3 Å². The van der Waals surface area contributed by atoms with E-state index in [-0.39, 0.29) is 12.8 Å². The Balaban J connectivity index is 2.99. The van der Waals surface area contributed by atoms with Crippen molar-refractivity contribution in [3.63, 3.8) is 0 Å². The molecular weight excluding hydrogens is 261 g/mol. The molecule has 0 aliphatic heterocycles. The molecule has 0 saturated carbocycles. The normalized spacial score (nSPS) is 24.9. The predicted octanol–water partition coefficient (Wildman–Crippen LogP) is 2.74. The summed E-state index contributed by atoms with van der Waals surface area (Å²) >= 11 is 0. The monoisotopic (exact) mass is 280 g/mol. The molecule has 0 saturated heterocycles. The number of amides is 1. The van der Waals surface area contributed by atoms with Crippen molar-refractivity contribution < 1.29 is 23.1 Å². The van der Waals surface area contributed by atoms with Gasteiger partial charge in [0.05, 0.1) is 6.04 Å². The van der Waals surface area contributed by atoms with Crippen molar-refractivity contribution in [3.05, 3.63) is 11.6 Å². The maximum atomic E-state index is 12.6. The lowest BCUT2D eigenvalue weighted by atomic mass is 9.87. The number of nitrogens with two attached hydrogens (primary N) is 1. The van der Waals surface area contributed by atoms with E-state index in [1.54, 1.807) is 20.8 Å². The summed E-state index contributed by atoms with van der Waals surface area (Å²) < 4.78 is 37.7. The van der Waals surface area contributed by atoms with Gasteiger partial charge in [0.15, 0.2) is 0 Å². The van der Waals surface area contributed by atoms with E-state index in [0.29, 0.717) is 0 Å². The quantitative estimate of drug-likeness (QED) is 0.726. The van der Waals surface area contributed by atoms with Crippen molar-refractivity contribution >= 4 is 6.09 Å². The molecule has 0 aromatic carbocycles. The Morgan fingerprint density at radius 2 is 1.95 bits per heavy atom. The highest BCUT2D eigenvalue weighted by atomic mass is 19.4. The Labute approximate surface area is 110 Å². The van der Waals surface area contributed by atoms with Crippen molar-refractivity contribution in [1.29, 1.82) is 0 Å². The van der Waals surface area contributed by atoms with Gasteiger partial charge in [-0.05, 0) is 33.6 Å². The molecule has 2 unspecified atom stereocenters. The van der Waals surface area contributed by atoms with Gasteiger partial charge in [-0.15, -0.1) is 0 Å². The number of hydrogen-bond acceptors (Lipinski definition) is 2. The Kier molecular flexibility index (Phi) is 4.19. The highest BCUT2D eigenvalue weighted by molar-refractivity contribution is 5.66. The molecule has 0 spiro atoms. The van der Waals surface area contributed by atoms with Crippen LogP contribution < -0.4 is 5.73 Å². The van der Waals surface area contributed by atoms with Crippen LogP contribution in [0.25, 0.3) is 0 Å². The second-order valence-electron chi connectivity index (χ2n) is 5.72. The van der Waals surface area contributed by atoms with Crippen LogP contribution in [0.2, 0.25) is 0 Å². The Morgan fingerprint density at radius 1 is 1.42 bits per heavy atom. The van der Waals surface area contributed by atoms with Gasteiger partial charge in [-0.3, -0.25) is 4.90 Å². The molecule has 1 rings (SSSR count). The van der Waals surface area contributed by atoms with Gasteiger partial charge in [0.25, 0.3) is 0 Å². The fourth-order valence-electron chi connectivity index (χ4n) is 2.37. The van der Waals surface area contributed by atoms with E-state index in [4.69, 9.17) is 5.73 Å². The number of rotatable bonds is 1. The second kappa shape index (κ2) is 5.03. The number of halogens is 3. The van der Waals surface area contributed by atoms with Crippen molar-refractivity contribution in [1.82, 2.24) is 4.90 Å². The molecule has 0 radical (unpaired) electrons. The Hall–Kier alpha value is -1.24. The maximum absolute atomic E-state index is 12.6. The maximum Gasteiger partial charge on any atom is 0.412 e. The summed E-state index contributed by atoms with van der Waals surface area (Å²) in [5.41, 5.74) is 4.37. The van der Waals surface area contributed by atoms with Gasteiger partial charge in [-0.25, -0.2) is 4.79 Å². The third-order valence-corrected chi connectivity index (χ3v) is 3.18. The zero-order chi connectivity index (χ0) is 15.0. The molecule has 2 atom stereocenters. The van der Waals surface area contributed by atoms with Gasteiger partial charge in [-0.2, -0.15) is 13.2 Å². The summed E-state index contributed by atoms with van der Waals surface area (Å²) in [6, 6.07) is -1.49. The number of nitrogens with zero attached hydrogens (tertiary/aromatic N) is 1. The molecule has 4 nitrogen and oxygen atoms in total. The lowest BCUT2D eigenvalue weighted by Gasteiger charge is -2.43. The van der Waals surface area contributed by atoms with Crippen molar-refractivity contribution in [3.8, 4) is 0 Å². The highest BCUT2D eigenvalue weighted by Gasteiger charge is 2.42. The number of alkyl halides is 3. The first-order valence-electron chi connectivity index (χ1n) is 5.98. The topological polar surface area (TPSA) is 66.6 Å². The zero-order valence-corrected chi connectivity index (χ0v) is 11.2. The lowest BCUT2D eigenvalue weighted by Crippen LogP contribution is -2.58. The first-order valence-corrected chi connectivity index (χ1v) is 5.98. The van der Waals surface area contributed by atoms with Crippen LogP contribution in [0, 0.1) is 0 Å². The van der Waals surface area contributed by atoms with Crippen molar-refractivity contribution in [2.75, 3.05) is 0 Å². The SMILES string of the molecule is CC(C)(C)N(C(=O)O)C1CC=C(C(F)(F)F)CC1N. The summed E-state index contributed by atoms with van der Waals surface area (Å²) in [7, 11) is 0. The third kappa shape index (κ3) is 3.62. The Morgan fingerprint density at radius 3 is 2.26 bits per heavy atom. The number of hydrogen-bond donors (Lipinski definition) is 2. The van der Waals surface area contributed by atoms with Crippen LogP contribution in [0.15, 0.2) is 11.6 Å². The average Bonchev–Trinajstić information content (AvgIpc) is 2.16. The van der Waals surface area contributed by atoms with Crippen LogP contribution >= 0.6 is 0 Å². The van der Waals surface area contributed by atoms with Gasteiger partial charge in [0.1, 0.15) is 0 Å². The predicted molar refractivity (Wildman–Crippen MR) is 64.8 cm³/mol. The summed E-state index contributed by atoms with van der Waals surface area (Å²) in [5, 5.41) is 9.23. The van der Waals surface area contributed by atoms with E-state index in [1.165, 1.54) is 0 Å². The van der Waals surface area contributed by atoms with Gasteiger partial charge in [0.2, 0.25) is 0 Å². The molecular formula is C12H19F3N2O2. The molecule has 0 bridgehead atoms. The lowest BCUT2D eigenvalue weighted by molar-refractivity contribution is -0.0967. The van der Waals surface area contributed by atoms with Crippen LogP contribution in [0.4, 0.5) is 18.0 Å². The first kappa shape index (κ1) is 15.8. The van der Waals surface area contributed by atoms with Crippen LogP contribution in [0.3, 0.4) is 0 Å². The molecule has 0 aromatic rings. The molecule has 1 aliphatic carbocycles. The van der Waals surface area contributed by atoms with Crippen LogP contribution in [-0.4, -0.2) is 39.9 Å². The molecule has 7 heteroatoms. The third-order valence-electron chi connectivity index (χ3n) is 3.18. The molecule has 19 heavy (non-hydrogen) atoms. The fourth-order valence-corrected chi connectivity index (χ4v) is 2.37. The second-order valence-corrected chi connectivity index (χ2v) is 5.72. The Bertz CT molecular complexity index is 385. The first-order chi connectivity index (χ1) is 8.44. The molecule has 1 amide bonds. The van der Waals surface area contributed by atoms with Crippen LogP contribution in [0.1, 0.15) is 33.6 Å². The van der Waals surface area contributed by atoms with E-state index >= 15 is 0 Å². The largest absolute Gasteiger partial charge is 0.465 e. The highest BCUT2D eigenvalue weighted by Crippen LogP contribution is 2.35. The molecule has 0 heterocycles. The minimum Gasteiger partial charge on any atom is -0.465 e. The number of carboxylic acid groups (broad SMARTS) is 1. The van der Waals surface area contributed by atoms with Gasteiger partial charge < -0.3 is 10.8 Å². The molecule has 3 N–H and O–H groups in total. The summed E-state index contributed by atoms with van der Waals surface area (Å²) in [6.45, 7) is 5.07. The molecule has 1 aliphatic rings. The van der Waals surface area contributed by atoms with E-state index in [2.05, 4.69) is 0 Å². The minimum absolute atomic E-state index is 0.0143. The smallest absolute Gasteiger partial charge is 0.412 e. The van der Waals surface area contributed by atoms with E-state index in [1.807, 2.05) is 0 Å². The van der Waals surface area contributed by atoms with Crippen molar-refractivity contribution in [2.45, 2.75) is 57.4 Å². The van der Waals surface area contributed by atoms with Crippen molar-refractivity contribution in [2.24, 2.45) is 5.73 Å². The molecule has 110 valence electrons.